The van der Waals surface area contributed by atoms with Crippen molar-refractivity contribution in [2.75, 3.05) is 31.2 Å². The molecule has 0 saturated carbocycles. The standard InChI is InChI=1S/C19H22N6O2/c1-4-14-13(3)24-27-18(14)15-10-22-19(25-5-7-26-8-6-25)23-17(15)16-11-20-12(2)9-21-16/h9-11H,4-8H2,1-3H3. The van der Waals surface area contributed by atoms with E-state index in [1.54, 1.807) is 18.6 Å². The molecular formula is C19H22N6O2. The zero-order valence-electron chi connectivity index (χ0n) is 15.8. The van der Waals surface area contributed by atoms with Gasteiger partial charge in [-0.1, -0.05) is 12.1 Å². The Hall–Kier alpha value is -2.87. The molecule has 4 rings (SSSR count). The van der Waals surface area contributed by atoms with E-state index in [0.717, 1.165) is 42.0 Å². The summed E-state index contributed by atoms with van der Waals surface area (Å²) in [5.74, 6) is 1.36. The highest BCUT2D eigenvalue weighted by molar-refractivity contribution is 5.78. The van der Waals surface area contributed by atoms with Crippen LogP contribution >= 0.6 is 0 Å². The smallest absolute Gasteiger partial charge is 0.226 e. The van der Waals surface area contributed by atoms with Gasteiger partial charge in [0, 0.05) is 31.0 Å². The number of rotatable bonds is 4. The zero-order chi connectivity index (χ0) is 18.8. The first kappa shape index (κ1) is 17.5. The van der Waals surface area contributed by atoms with Gasteiger partial charge in [-0.15, -0.1) is 0 Å². The summed E-state index contributed by atoms with van der Waals surface area (Å²) in [4.78, 5) is 20.4. The molecule has 27 heavy (non-hydrogen) atoms. The summed E-state index contributed by atoms with van der Waals surface area (Å²) in [6, 6.07) is 0. The van der Waals surface area contributed by atoms with Gasteiger partial charge in [-0.25, -0.2) is 9.97 Å². The topological polar surface area (TPSA) is 90.1 Å². The lowest BCUT2D eigenvalue weighted by Gasteiger charge is -2.27. The lowest BCUT2D eigenvalue weighted by atomic mass is 10.0. The zero-order valence-corrected chi connectivity index (χ0v) is 15.8. The molecule has 8 nitrogen and oxygen atoms in total. The fourth-order valence-corrected chi connectivity index (χ4v) is 3.18. The molecule has 0 aromatic carbocycles. The molecule has 1 aliphatic heterocycles. The molecule has 0 radical (unpaired) electrons. The Labute approximate surface area is 157 Å². The third kappa shape index (κ3) is 3.40. The normalized spacial score (nSPS) is 14.6. The Kier molecular flexibility index (Phi) is 4.81. The van der Waals surface area contributed by atoms with Crippen molar-refractivity contribution in [2.24, 2.45) is 0 Å². The van der Waals surface area contributed by atoms with Crippen LogP contribution < -0.4 is 4.90 Å². The number of morpholine rings is 1. The highest BCUT2D eigenvalue weighted by Crippen LogP contribution is 2.34. The van der Waals surface area contributed by atoms with Crippen LogP contribution in [0.25, 0.3) is 22.7 Å². The molecule has 0 unspecified atom stereocenters. The average molecular weight is 366 g/mol. The van der Waals surface area contributed by atoms with Gasteiger partial charge < -0.3 is 14.2 Å². The Balaban J connectivity index is 1.85. The van der Waals surface area contributed by atoms with E-state index in [4.69, 9.17) is 14.2 Å². The Bertz CT molecular complexity index is 932. The van der Waals surface area contributed by atoms with Crippen LogP contribution in [0.1, 0.15) is 23.9 Å². The lowest BCUT2D eigenvalue weighted by Crippen LogP contribution is -2.37. The average Bonchev–Trinajstić information content (AvgIpc) is 3.09. The van der Waals surface area contributed by atoms with Crippen molar-refractivity contribution in [3.8, 4) is 22.7 Å². The van der Waals surface area contributed by atoms with Crippen molar-refractivity contribution in [3.63, 3.8) is 0 Å². The van der Waals surface area contributed by atoms with Gasteiger partial charge in [0.1, 0.15) is 11.4 Å². The van der Waals surface area contributed by atoms with E-state index in [0.29, 0.717) is 36.3 Å². The summed E-state index contributed by atoms with van der Waals surface area (Å²) < 4.78 is 11.1. The van der Waals surface area contributed by atoms with Crippen molar-refractivity contribution < 1.29 is 9.26 Å². The predicted octanol–water partition coefficient (Wildman–Crippen LogP) is 2.60. The number of anilines is 1. The number of aryl methyl sites for hydroxylation is 2. The maximum atomic E-state index is 5.63. The SMILES string of the molecule is CCc1c(C)noc1-c1cnc(N2CCOCC2)nc1-c1cnc(C)cn1. The Morgan fingerprint density at radius 3 is 2.56 bits per heavy atom. The summed E-state index contributed by atoms with van der Waals surface area (Å²) in [5.41, 5.74) is 4.95. The fraction of sp³-hybridized carbons (Fsp3) is 0.421. The summed E-state index contributed by atoms with van der Waals surface area (Å²) >= 11 is 0. The van der Waals surface area contributed by atoms with Gasteiger partial charge in [-0.3, -0.25) is 9.97 Å². The summed E-state index contributed by atoms with van der Waals surface area (Å²) in [7, 11) is 0. The second-order valence-corrected chi connectivity index (χ2v) is 6.50. The molecule has 0 amide bonds. The molecular weight excluding hydrogens is 344 g/mol. The van der Waals surface area contributed by atoms with Gasteiger partial charge in [-0.2, -0.15) is 0 Å². The van der Waals surface area contributed by atoms with Crippen LogP contribution in [-0.2, 0) is 11.2 Å². The molecule has 1 fully saturated rings. The molecule has 0 N–H and O–H groups in total. The Morgan fingerprint density at radius 1 is 1.04 bits per heavy atom. The molecule has 3 aromatic rings. The van der Waals surface area contributed by atoms with Crippen LogP contribution in [0.4, 0.5) is 5.95 Å². The fourth-order valence-electron chi connectivity index (χ4n) is 3.18. The molecule has 140 valence electrons. The maximum Gasteiger partial charge on any atom is 0.226 e. The molecule has 0 bridgehead atoms. The lowest BCUT2D eigenvalue weighted by molar-refractivity contribution is 0.122. The van der Waals surface area contributed by atoms with E-state index < -0.39 is 0 Å². The van der Waals surface area contributed by atoms with Gasteiger partial charge >= 0.3 is 0 Å². The van der Waals surface area contributed by atoms with Crippen molar-refractivity contribution >= 4 is 5.95 Å². The molecule has 0 aliphatic carbocycles. The van der Waals surface area contributed by atoms with Crippen LogP contribution in [0.2, 0.25) is 0 Å². The minimum absolute atomic E-state index is 0.661. The van der Waals surface area contributed by atoms with Crippen molar-refractivity contribution in [1.29, 1.82) is 0 Å². The number of hydrogen-bond acceptors (Lipinski definition) is 8. The monoisotopic (exact) mass is 366 g/mol. The second-order valence-electron chi connectivity index (χ2n) is 6.50. The minimum atomic E-state index is 0.661. The predicted molar refractivity (Wildman–Crippen MR) is 100 cm³/mol. The van der Waals surface area contributed by atoms with E-state index in [-0.39, 0.29) is 0 Å². The largest absolute Gasteiger partial charge is 0.378 e. The van der Waals surface area contributed by atoms with Crippen LogP contribution in [0, 0.1) is 13.8 Å². The minimum Gasteiger partial charge on any atom is -0.378 e. The van der Waals surface area contributed by atoms with Gasteiger partial charge in [-0.05, 0) is 20.3 Å². The molecule has 1 aliphatic rings. The molecule has 0 atom stereocenters. The van der Waals surface area contributed by atoms with E-state index in [2.05, 4.69) is 31.9 Å². The molecule has 8 heteroatoms. The van der Waals surface area contributed by atoms with Gasteiger partial charge in [0.15, 0.2) is 5.76 Å². The highest BCUT2D eigenvalue weighted by Gasteiger charge is 2.23. The van der Waals surface area contributed by atoms with Gasteiger partial charge in [0.05, 0.1) is 36.4 Å². The van der Waals surface area contributed by atoms with E-state index >= 15 is 0 Å². The maximum absolute atomic E-state index is 5.63. The van der Waals surface area contributed by atoms with Crippen molar-refractivity contribution in [1.82, 2.24) is 25.1 Å². The van der Waals surface area contributed by atoms with Crippen molar-refractivity contribution in [3.05, 3.63) is 35.5 Å². The number of nitrogens with zero attached hydrogens (tertiary/aromatic N) is 6. The van der Waals surface area contributed by atoms with E-state index in [1.807, 2.05) is 13.8 Å². The first-order valence-corrected chi connectivity index (χ1v) is 9.11. The number of hydrogen-bond donors (Lipinski definition) is 0. The first-order chi connectivity index (χ1) is 13.2. The van der Waals surface area contributed by atoms with Gasteiger partial charge in [0.2, 0.25) is 5.95 Å². The van der Waals surface area contributed by atoms with Crippen molar-refractivity contribution in [2.45, 2.75) is 27.2 Å². The van der Waals surface area contributed by atoms with E-state index in [9.17, 15) is 0 Å². The number of ether oxygens (including phenoxy) is 1. The van der Waals surface area contributed by atoms with Crippen LogP contribution in [0.15, 0.2) is 23.1 Å². The molecule has 3 aromatic heterocycles. The Morgan fingerprint density at radius 2 is 1.85 bits per heavy atom. The van der Waals surface area contributed by atoms with Crippen LogP contribution in [0.3, 0.4) is 0 Å². The van der Waals surface area contributed by atoms with Gasteiger partial charge in [0.25, 0.3) is 0 Å². The highest BCUT2D eigenvalue weighted by atomic mass is 16.5. The van der Waals surface area contributed by atoms with Crippen LogP contribution in [0.5, 0.6) is 0 Å². The quantitative estimate of drug-likeness (QED) is 0.696. The third-order valence-electron chi connectivity index (χ3n) is 4.68. The van der Waals surface area contributed by atoms with E-state index in [1.165, 1.54) is 0 Å². The number of aromatic nitrogens is 5. The molecule has 0 spiro atoms. The summed E-state index contributed by atoms with van der Waals surface area (Å²) in [6.45, 7) is 8.81. The molecule has 1 saturated heterocycles. The summed E-state index contributed by atoms with van der Waals surface area (Å²) in [6.07, 6.45) is 6.09. The molecule has 4 heterocycles. The van der Waals surface area contributed by atoms with Crippen LogP contribution in [-0.4, -0.2) is 51.4 Å². The summed E-state index contributed by atoms with van der Waals surface area (Å²) in [5, 5.41) is 4.13. The third-order valence-corrected chi connectivity index (χ3v) is 4.68. The second kappa shape index (κ2) is 7.40. The first-order valence-electron chi connectivity index (χ1n) is 9.11.